The maximum Gasteiger partial charge on any atom is 0.149 e. The molecule has 2 rings (SSSR count). The first-order valence-electron chi connectivity index (χ1n) is 6.08. The van der Waals surface area contributed by atoms with E-state index in [2.05, 4.69) is 16.4 Å². The average molecular weight is 258 g/mol. The van der Waals surface area contributed by atoms with Gasteiger partial charge in [-0.3, -0.25) is 0 Å². The van der Waals surface area contributed by atoms with Gasteiger partial charge in [0.05, 0.1) is 12.8 Å². The highest BCUT2D eigenvalue weighted by molar-refractivity contribution is 5.61. The molecule has 0 aliphatic rings. The number of nitrogens with two attached hydrogens (primary N) is 2. The zero-order valence-corrected chi connectivity index (χ0v) is 10.9. The summed E-state index contributed by atoms with van der Waals surface area (Å²) < 4.78 is 5.19. The molecule has 1 heterocycles. The molecule has 2 aromatic rings. The molecule has 0 radical (unpaired) electrons. The number of hydrogen-bond acceptors (Lipinski definition) is 5. The zero-order chi connectivity index (χ0) is 13.7. The minimum atomic E-state index is 0.353. The molecule has 0 bridgehead atoms. The number of nitrogen functional groups attached to an aromatic ring is 2. The standard InChI is InChI=1S/C14H18N4O/c1-19-11-4-2-3-10(9-11)7-8-17-13-6-5-12(15)14(16)18-13/h2-6,9H,7-8,15H2,1H3,(H3,16,17,18). The molecule has 5 nitrogen and oxygen atoms in total. The Labute approximate surface area is 112 Å². The number of rotatable bonds is 5. The van der Waals surface area contributed by atoms with Gasteiger partial charge in [-0.25, -0.2) is 4.98 Å². The average Bonchev–Trinajstić information content (AvgIpc) is 2.43. The van der Waals surface area contributed by atoms with Crippen molar-refractivity contribution in [2.24, 2.45) is 0 Å². The van der Waals surface area contributed by atoms with Crippen LogP contribution < -0.4 is 21.5 Å². The molecule has 0 atom stereocenters. The molecule has 5 N–H and O–H groups in total. The third-order valence-electron chi connectivity index (χ3n) is 2.81. The summed E-state index contributed by atoms with van der Waals surface area (Å²) in [5, 5.41) is 3.21. The van der Waals surface area contributed by atoms with Gasteiger partial charge < -0.3 is 21.5 Å². The number of ether oxygens (including phenoxy) is 1. The lowest BCUT2D eigenvalue weighted by atomic mass is 10.1. The number of methoxy groups -OCH3 is 1. The Morgan fingerprint density at radius 3 is 2.79 bits per heavy atom. The molecule has 5 heteroatoms. The molecule has 19 heavy (non-hydrogen) atoms. The number of pyridine rings is 1. The van der Waals surface area contributed by atoms with Crippen molar-refractivity contribution < 1.29 is 4.74 Å². The lowest BCUT2D eigenvalue weighted by Crippen LogP contribution is -2.08. The molecule has 0 saturated heterocycles. The van der Waals surface area contributed by atoms with Gasteiger partial charge in [-0.1, -0.05) is 12.1 Å². The van der Waals surface area contributed by atoms with E-state index < -0.39 is 0 Å². The summed E-state index contributed by atoms with van der Waals surface area (Å²) in [5.74, 6) is 1.95. The Morgan fingerprint density at radius 2 is 2.05 bits per heavy atom. The SMILES string of the molecule is COc1cccc(CCNc2ccc(N)c(N)n2)c1. The molecule has 0 unspecified atom stereocenters. The Balaban J connectivity index is 1.90. The van der Waals surface area contributed by atoms with Gasteiger partial charge in [0.25, 0.3) is 0 Å². The summed E-state index contributed by atoms with van der Waals surface area (Å²) in [5.41, 5.74) is 13.0. The van der Waals surface area contributed by atoms with Crippen LogP contribution in [0.3, 0.4) is 0 Å². The van der Waals surface area contributed by atoms with Crippen LogP contribution in [0.4, 0.5) is 17.3 Å². The van der Waals surface area contributed by atoms with E-state index in [1.807, 2.05) is 24.3 Å². The van der Waals surface area contributed by atoms with Crippen molar-refractivity contribution in [3.05, 3.63) is 42.0 Å². The van der Waals surface area contributed by atoms with Gasteiger partial charge >= 0.3 is 0 Å². The highest BCUT2D eigenvalue weighted by Gasteiger charge is 2.00. The van der Waals surface area contributed by atoms with E-state index in [1.54, 1.807) is 13.2 Å². The van der Waals surface area contributed by atoms with Crippen LogP contribution in [0.2, 0.25) is 0 Å². The van der Waals surface area contributed by atoms with Crippen molar-refractivity contribution in [2.75, 3.05) is 30.4 Å². The summed E-state index contributed by atoms with van der Waals surface area (Å²) in [6, 6.07) is 11.6. The molecule has 1 aromatic carbocycles. The van der Waals surface area contributed by atoms with Gasteiger partial charge in [0.1, 0.15) is 17.4 Å². The van der Waals surface area contributed by atoms with Gasteiger partial charge in [-0.2, -0.15) is 0 Å². The second-order valence-electron chi connectivity index (χ2n) is 4.20. The van der Waals surface area contributed by atoms with E-state index in [4.69, 9.17) is 16.2 Å². The molecular formula is C14H18N4O. The Hall–Kier alpha value is -2.43. The summed E-state index contributed by atoms with van der Waals surface area (Å²) in [6.07, 6.45) is 0.878. The smallest absolute Gasteiger partial charge is 0.149 e. The van der Waals surface area contributed by atoms with E-state index in [0.717, 1.165) is 24.5 Å². The van der Waals surface area contributed by atoms with Gasteiger partial charge in [-0.15, -0.1) is 0 Å². The number of hydrogen-bond donors (Lipinski definition) is 3. The fourth-order valence-electron chi connectivity index (χ4n) is 1.75. The quantitative estimate of drug-likeness (QED) is 0.762. The molecule has 100 valence electrons. The van der Waals surface area contributed by atoms with Gasteiger partial charge in [0.15, 0.2) is 0 Å². The molecule has 1 aromatic heterocycles. The fraction of sp³-hybridized carbons (Fsp3) is 0.214. The summed E-state index contributed by atoms with van der Waals surface area (Å²) in [6.45, 7) is 0.767. The van der Waals surface area contributed by atoms with Crippen LogP contribution in [0, 0.1) is 0 Å². The van der Waals surface area contributed by atoms with Crippen molar-refractivity contribution in [1.82, 2.24) is 4.98 Å². The third kappa shape index (κ3) is 3.51. The van der Waals surface area contributed by atoms with Crippen LogP contribution in [0.15, 0.2) is 36.4 Å². The van der Waals surface area contributed by atoms with E-state index in [0.29, 0.717) is 11.5 Å². The zero-order valence-electron chi connectivity index (χ0n) is 10.9. The molecule has 0 aliphatic heterocycles. The summed E-state index contributed by atoms with van der Waals surface area (Å²) >= 11 is 0. The topological polar surface area (TPSA) is 86.2 Å². The maximum absolute atomic E-state index is 5.65. The van der Waals surface area contributed by atoms with Crippen molar-refractivity contribution in [3.8, 4) is 5.75 Å². The molecule has 0 spiro atoms. The van der Waals surface area contributed by atoms with Crippen LogP contribution in [-0.2, 0) is 6.42 Å². The van der Waals surface area contributed by atoms with Crippen LogP contribution >= 0.6 is 0 Å². The minimum absolute atomic E-state index is 0.353. The van der Waals surface area contributed by atoms with Crippen molar-refractivity contribution in [2.45, 2.75) is 6.42 Å². The first kappa shape index (κ1) is 13.0. The van der Waals surface area contributed by atoms with E-state index in [-0.39, 0.29) is 0 Å². The fourth-order valence-corrected chi connectivity index (χ4v) is 1.75. The Bertz CT molecular complexity index is 557. The first-order valence-corrected chi connectivity index (χ1v) is 6.08. The highest BCUT2D eigenvalue weighted by atomic mass is 16.5. The van der Waals surface area contributed by atoms with E-state index >= 15 is 0 Å². The largest absolute Gasteiger partial charge is 0.497 e. The molecule has 0 fully saturated rings. The maximum atomic E-state index is 5.65. The van der Waals surface area contributed by atoms with Crippen molar-refractivity contribution in [3.63, 3.8) is 0 Å². The Kier molecular flexibility index (Phi) is 4.07. The number of aromatic nitrogens is 1. The monoisotopic (exact) mass is 258 g/mol. The number of nitrogens with zero attached hydrogens (tertiary/aromatic N) is 1. The van der Waals surface area contributed by atoms with Gasteiger partial charge in [0.2, 0.25) is 0 Å². The molecule has 0 saturated carbocycles. The number of anilines is 3. The third-order valence-corrected chi connectivity index (χ3v) is 2.81. The molecule has 0 amide bonds. The van der Waals surface area contributed by atoms with Gasteiger partial charge in [-0.05, 0) is 36.2 Å². The van der Waals surface area contributed by atoms with E-state index in [1.165, 1.54) is 5.56 Å². The van der Waals surface area contributed by atoms with Crippen LogP contribution in [0.25, 0.3) is 0 Å². The lowest BCUT2D eigenvalue weighted by Gasteiger charge is -2.08. The summed E-state index contributed by atoms with van der Waals surface area (Å²) in [7, 11) is 1.67. The van der Waals surface area contributed by atoms with Gasteiger partial charge in [0, 0.05) is 6.54 Å². The second-order valence-corrected chi connectivity index (χ2v) is 4.20. The van der Waals surface area contributed by atoms with E-state index in [9.17, 15) is 0 Å². The normalized spacial score (nSPS) is 10.2. The Morgan fingerprint density at radius 1 is 1.21 bits per heavy atom. The summed E-state index contributed by atoms with van der Waals surface area (Å²) in [4.78, 5) is 4.15. The number of nitrogens with one attached hydrogen (secondary N) is 1. The van der Waals surface area contributed by atoms with Crippen LogP contribution in [-0.4, -0.2) is 18.6 Å². The number of benzene rings is 1. The molecule has 0 aliphatic carbocycles. The first-order chi connectivity index (χ1) is 9.19. The lowest BCUT2D eigenvalue weighted by molar-refractivity contribution is 0.414. The minimum Gasteiger partial charge on any atom is -0.497 e. The predicted octanol–water partition coefficient (Wildman–Crippen LogP) is 1.91. The van der Waals surface area contributed by atoms with Crippen LogP contribution in [0.5, 0.6) is 5.75 Å². The second kappa shape index (κ2) is 5.95. The van der Waals surface area contributed by atoms with Crippen molar-refractivity contribution in [1.29, 1.82) is 0 Å². The molecular weight excluding hydrogens is 240 g/mol. The predicted molar refractivity (Wildman–Crippen MR) is 78.2 cm³/mol. The highest BCUT2D eigenvalue weighted by Crippen LogP contribution is 2.15. The van der Waals surface area contributed by atoms with Crippen LogP contribution in [0.1, 0.15) is 5.56 Å². The van der Waals surface area contributed by atoms with Crippen molar-refractivity contribution >= 4 is 17.3 Å².